The summed E-state index contributed by atoms with van der Waals surface area (Å²) in [5.74, 6) is 0.279. The van der Waals surface area contributed by atoms with Crippen molar-refractivity contribution in [2.24, 2.45) is 0 Å². The lowest BCUT2D eigenvalue weighted by atomic mass is 10.1. The van der Waals surface area contributed by atoms with E-state index in [2.05, 4.69) is 15.0 Å². The Balaban J connectivity index is 1.98. The van der Waals surface area contributed by atoms with E-state index in [-0.39, 0.29) is 11.9 Å². The number of aromatic nitrogens is 4. The molecule has 1 aliphatic heterocycles. The Morgan fingerprint density at radius 2 is 2.12 bits per heavy atom. The van der Waals surface area contributed by atoms with Gasteiger partial charge in [0.1, 0.15) is 24.1 Å². The van der Waals surface area contributed by atoms with Gasteiger partial charge in [-0.15, -0.1) is 0 Å². The largest absolute Gasteiger partial charge is 0.382 e. The molecule has 1 fully saturated rings. The van der Waals surface area contributed by atoms with Gasteiger partial charge in [-0.05, 0) is 18.2 Å². The Kier molecular flexibility index (Phi) is 5.35. The van der Waals surface area contributed by atoms with Gasteiger partial charge >= 0.3 is 6.72 Å². The van der Waals surface area contributed by atoms with E-state index in [9.17, 15) is 4.89 Å². The molecule has 3 rings (SSSR count). The van der Waals surface area contributed by atoms with Crippen molar-refractivity contribution in [1.29, 1.82) is 0 Å². The minimum Gasteiger partial charge on any atom is -0.382 e. The summed E-state index contributed by atoms with van der Waals surface area (Å²) in [4.78, 5) is 22.5. The van der Waals surface area contributed by atoms with Crippen molar-refractivity contribution >= 4 is 35.5 Å². The summed E-state index contributed by atoms with van der Waals surface area (Å²) in [7, 11) is 2.84. The molecule has 2 unspecified atom stereocenters. The maximum Gasteiger partial charge on any atom is 0.324 e. The van der Waals surface area contributed by atoms with Crippen molar-refractivity contribution in [1.82, 2.24) is 19.5 Å². The predicted molar refractivity (Wildman–Crippen MR) is 93.1 cm³/mol. The zero-order chi connectivity index (χ0) is 18.2. The summed E-state index contributed by atoms with van der Waals surface area (Å²) in [6.45, 7) is -1.44. The van der Waals surface area contributed by atoms with E-state index in [4.69, 9.17) is 36.1 Å². The lowest BCUT2D eigenvalue weighted by molar-refractivity contribution is -0.0494. The second-order valence-electron chi connectivity index (χ2n) is 5.48. The number of methoxy groups -OCH3 is 1. The maximum atomic E-state index is 10.0. The highest BCUT2D eigenvalue weighted by Gasteiger charge is 2.48. The number of nitrogens with two attached hydrogens (primary N) is 1. The van der Waals surface area contributed by atoms with Crippen LogP contribution in [-0.4, -0.2) is 56.9 Å². The number of hydrogen-bond acceptors (Lipinski definition) is 9. The summed E-state index contributed by atoms with van der Waals surface area (Å²) < 4.78 is 23.9. The summed E-state index contributed by atoms with van der Waals surface area (Å²) in [5.41, 5.74) is 6.83. The minimum absolute atomic E-state index is 0.279. The fourth-order valence-electron chi connectivity index (χ4n) is 2.89. The van der Waals surface area contributed by atoms with Crippen LogP contribution < -0.4 is 5.73 Å². The number of nitrogens with zero attached hydrogens (tertiary/aromatic N) is 4. The van der Waals surface area contributed by atoms with Crippen molar-refractivity contribution in [3.05, 3.63) is 12.7 Å². The Hall–Kier alpha value is -1.20. The fourth-order valence-corrected chi connectivity index (χ4v) is 3.84. The zero-order valence-corrected chi connectivity index (χ0v) is 15.7. The van der Waals surface area contributed by atoms with Crippen LogP contribution in [0.3, 0.4) is 0 Å². The van der Waals surface area contributed by atoms with Gasteiger partial charge in [0, 0.05) is 14.2 Å². The Labute approximate surface area is 149 Å². The molecule has 1 saturated heterocycles. The van der Waals surface area contributed by atoms with Crippen LogP contribution in [0.15, 0.2) is 12.7 Å². The Morgan fingerprint density at radius 3 is 2.76 bits per heavy atom. The molecule has 25 heavy (non-hydrogen) atoms. The first-order valence-corrected chi connectivity index (χ1v) is 10.2. The quantitative estimate of drug-likeness (QED) is 0.690. The van der Waals surface area contributed by atoms with Gasteiger partial charge < -0.3 is 24.6 Å². The topological polar surface area (TPSA) is 127 Å². The summed E-state index contributed by atoms with van der Waals surface area (Å²) >= 11 is 4.97. The van der Waals surface area contributed by atoms with Gasteiger partial charge in [0.2, 0.25) is 0 Å². The maximum absolute atomic E-state index is 10.0. The molecule has 138 valence electrons. The monoisotopic (exact) mass is 389 g/mol. The van der Waals surface area contributed by atoms with Crippen molar-refractivity contribution in [3.63, 3.8) is 0 Å². The van der Waals surface area contributed by atoms with E-state index in [0.717, 1.165) is 0 Å². The molecule has 12 heteroatoms. The molecular formula is C13H20N5O5PS. The molecule has 0 amide bonds. The van der Waals surface area contributed by atoms with Crippen molar-refractivity contribution in [2.75, 3.05) is 20.0 Å². The van der Waals surface area contributed by atoms with E-state index in [1.165, 1.54) is 20.5 Å². The number of hydrogen-bond donors (Lipinski definition) is 2. The van der Waals surface area contributed by atoms with E-state index < -0.39 is 25.2 Å². The fraction of sp³-hybridized carbons (Fsp3) is 0.615. The predicted octanol–water partition coefficient (Wildman–Crippen LogP) is 0.979. The van der Waals surface area contributed by atoms with Crippen molar-refractivity contribution in [3.8, 4) is 0 Å². The highest BCUT2D eigenvalue weighted by molar-refractivity contribution is 8.07. The van der Waals surface area contributed by atoms with Crippen LogP contribution in [0.2, 0.25) is 0 Å². The van der Waals surface area contributed by atoms with Crippen LogP contribution in [0.1, 0.15) is 19.6 Å². The van der Waals surface area contributed by atoms with Gasteiger partial charge in [-0.2, -0.15) is 0 Å². The first-order valence-electron chi connectivity index (χ1n) is 7.60. The molecule has 10 nitrogen and oxygen atoms in total. The lowest BCUT2D eigenvalue weighted by Gasteiger charge is -2.26. The van der Waals surface area contributed by atoms with Gasteiger partial charge in [-0.1, -0.05) is 6.92 Å². The Bertz CT molecular complexity index is 804. The van der Waals surface area contributed by atoms with Gasteiger partial charge in [0.25, 0.3) is 0 Å². The first-order chi connectivity index (χ1) is 11.9. The van der Waals surface area contributed by atoms with Crippen LogP contribution in [-0.2, 0) is 30.3 Å². The highest BCUT2D eigenvalue weighted by Crippen LogP contribution is 2.49. The summed E-state index contributed by atoms with van der Waals surface area (Å²) in [5, 5.41) is 0. The number of fused-ring (bicyclic) bond motifs is 1. The Morgan fingerprint density at radius 1 is 1.36 bits per heavy atom. The molecule has 3 N–H and O–H groups in total. The molecule has 0 saturated carbocycles. The summed E-state index contributed by atoms with van der Waals surface area (Å²) in [6, 6.07) is 0. The molecule has 0 bridgehead atoms. The molecule has 0 radical (unpaired) electrons. The number of anilines is 1. The molecule has 0 aliphatic carbocycles. The van der Waals surface area contributed by atoms with Crippen LogP contribution in [0, 0.1) is 0 Å². The van der Waals surface area contributed by atoms with Crippen LogP contribution in [0.5, 0.6) is 0 Å². The van der Waals surface area contributed by atoms with Gasteiger partial charge in [0.05, 0.1) is 12.4 Å². The molecule has 5 atom stereocenters. The van der Waals surface area contributed by atoms with Crippen molar-refractivity contribution in [2.45, 2.75) is 37.9 Å². The normalized spacial score (nSPS) is 29.1. The first kappa shape index (κ1) is 18.6. The smallest absolute Gasteiger partial charge is 0.324 e. The molecule has 2 aromatic heterocycles. The molecule has 1 aliphatic rings. The number of imidazole rings is 1. The highest BCUT2D eigenvalue weighted by atomic mass is 32.5. The van der Waals surface area contributed by atoms with Gasteiger partial charge in [0.15, 0.2) is 17.7 Å². The van der Waals surface area contributed by atoms with E-state index in [1.54, 1.807) is 10.9 Å². The number of nitrogen functional groups attached to an aromatic ring is 1. The third-order valence-corrected chi connectivity index (χ3v) is 5.78. The molecule has 0 spiro atoms. The van der Waals surface area contributed by atoms with Gasteiger partial charge in [-0.25, -0.2) is 15.0 Å². The van der Waals surface area contributed by atoms with E-state index in [0.29, 0.717) is 17.6 Å². The second kappa shape index (κ2) is 7.20. The lowest BCUT2D eigenvalue weighted by Crippen LogP contribution is -2.35. The van der Waals surface area contributed by atoms with E-state index >= 15 is 0 Å². The molecule has 0 aromatic carbocycles. The molecular weight excluding hydrogens is 369 g/mol. The third-order valence-electron chi connectivity index (χ3n) is 4.11. The number of rotatable bonds is 6. The summed E-state index contributed by atoms with van der Waals surface area (Å²) in [6.07, 6.45) is 1.46. The average molecular weight is 389 g/mol. The SMILES string of the molecule is CC[C@H]1O[C@@H](n2cnc3c(N)ncnc32)[C@@H](OC)C1OP(O)(=S)OC. The van der Waals surface area contributed by atoms with Crippen LogP contribution >= 0.6 is 6.72 Å². The van der Waals surface area contributed by atoms with Crippen molar-refractivity contribution < 1.29 is 23.4 Å². The average Bonchev–Trinajstić information content (AvgIpc) is 3.16. The zero-order valence-electron chi connectivity index (χ0n) is 14.0. The molecule has 2 aromatic rings. The molecule has 3 heterocycles. The van der Waals surface area contributed by atoms with Gasteiger partial charge in [-0.3, -0.25) is 9.09 Å². The number of ether oxygens (including phenoxy) is 2. The van der Waals surface area contributed by atoms with Crippen LogP contribution in [0.4, 0.5) is 5.82 Å². The second-order valence-corrected chi connectivity index (χ2v) is 8.38. The minimum atomic E-state index is -3.38. The third kappa shape index (κ3) is 3.41. The standard InChI is InChI=1S/C13H20N5O5PS/c1-4-7-9(23-24(19,25)21-3)10(20-2)13(22-7)18-6-17-8-11(14)15-5-16-12(8)18/h5-7,9-10,13H,4H2,1-3H3,(H,19,25)(H2,14,15,16)/t7-,9?,10+,13-,24?/m1/s1. The van der Waals surface area contributed by atoms with Crippen LogP contribution in [0.25, 0.3) is 11.2 Å². The van der Waals surface area contributed by atoms with E-state index in [1.807, 2.05) is 6.92 Å².